The molecule has 2 fully saturated rings. The number of hydrogen-bond acceptors (Lipinski definition) is 4. The van der Waals surface area contributed by atoms with E-state index < -0.39 is 0 Å². The minimum absolute atomic E-state index is 0.0236. The van der Waals surface area contributed by atoms with Crippen molar-refractivity contribution in [1.82, 2.24) is 0 Å². The molecule has 2 saturated heterocycles. The summed E-state index contributed by atoms with van der Waals surface area (Å²) < 4.78 is 22.6. The van der Waals surface area contributed by atoms with Gasteiger partial charge in [-0.3, -0.25) is 0 Å². The molecule has 0 saturated carbocycles. The quantitative estimate of drug-likeness (QED) is 0.815. The van der Waals surface area contributed by atoms with Crippen LogP contribution in [0.25, 0.3) is 0 Å². The second-order valence-corrected chi connectivity index (χ2v) is 4.72. The molecule has 4 heteroatoms. The Kier molecular flexibility index (Phi) is 3.61. The van der Waals surface area contributed by atoms with E-state index in [1.807, 2.05) is 18.2 Å². The van der Waals surface area contributed by atoms with Gasteiger partial charge < -0.3 is 18.9 Å². The van der Waals surface area contributed by atoms with Crippen LogP contribution in [0.3, 0.4) is 0 Å². The first-order valence-electron chi connectivity index (χ1n) is 6.32. The molecule has 4 atom stereocenters. The monoisotopic (exact) mass is 250 g/mol. The van der Waals surface area contributed by atoms with Gasteiger partial charge in [0.2, 0.25) is 0 Å². The van der Waals surface area contributed by atoms with Gasteiger partial charge in [0.15, 0.2) is 6.29 Å². The lowest BCUT2D eigenvalue weighted by atomic mass is 10.0. The van der Waals surface area contributed by atoms with Crippen molar-refractivity contribution in [2.75, 3.05) is 13.7 Å². The van der Waals surface area contributed by atoms with Gasteiger partial charge in [-0.05, 0) is 5.56 Å². The maximum atomic E-state index is 5.95. The zero-order valence-corrected chi connectivity index (χ0v) is 10.5. The number of fused-ring (bicyclic) bond motifs is 2. The van der Waals surface area contributed by atoms with E-state index in [1.165, 1.54) is 5.56 Å². The Morgan fingerprint density at radius 3 is 2.83 bits per heavy atom. The van der Waals surface area contributed by atoms with Crippen molar-refractivity contribution < 1.29 is 18.9 Å². The third-order valence-corrected chi connectivity index (χ3v) is 3.53. The molecule has 98 valence electrons. The summed E-state index contributed by atoms with van der Waals surface area (Å²) in [6.07, 6.45) is 0.693. The maximum Gasteiger partial charge on any atom is 0.184 e. The van der Waals surface area contributed by atoms with Gasteiger partial charge >= 0.3 is 0 Å². The van der Waals surface area contributed by atoms with Crippen LogP contribution in [0, 0.1) is 0 Å². The zero-order chi connectivity index (χ0) is 12.4. The molecule has 4 nitrogen and oxygen atoms in total. The molecule has 2 bridgehead atoms. The lowest BCUT2D eigenvalue weighted by Gasteiger charge is -2.32. The first-order chi connectivity index (χ1) is 8.86. The third kappa shape index (κ3) is 2.42. The van der Waals surface area contributed by atoms with Crippen molar-refractivity contribution in [3.63, 3.8) is 0 Å². The van der Waals surface area contributed by atoms with Crippen LogP contribution in [0.4, 0.5) is 0 Å². The highest BCUT2D eigenvalue weighted by molar-refractivity contribution is 5.13. The molecule has 0 unspecified atom stereocenters. The number of methoxy groups -OCH3 is 1. The summed E-state index contributed by atoms with van der Waals surface area (Å²) in [5.41, 5.74) is 1.17. The Bertz CT molecular complexity index is 381. The van der Waals surface area contributed by atoms with Crippen LogP contribution in [0.1, 0.15) is 12.0 Å². The highest BCUT2D eigenvalue weighted by Crippen LogP contribution is 2.31. The van der Waals surface area contributed by atoms with Crippen molar-refractivity contribution in [3.8, 4) is 0 Å². The van der Waals surface area contributed by atoms with Crippen LogP contribution < -0.4 is 0 Å². The number of benzene rings is 1. The van der Waals surface area contributed by atoms with Gasteiger partial charge in [0.25, 0.3) is 0 Å². The summed E-state index contributed by atoms with van der Waals surface area (Å²) in [6.45, 7) is 1.20. The van der Waals surface area contributed by atoms with Crippen molar-refractivity contribution >= 4 is 0 Å². The van der Waals surface area contributed by atoms with Crippen LogP contribution >= 0.6 is 0 Å². The molecular formula is C14H18O4. The summed E-state index contributed by atoms with van der Waals surface area (Å²) in [5, 5.41) is 0. The van der Waals surface area contributed by atoms with Gasteiger partial charge in [-0.25, -0.2) is 0 Å². The fourth-order valence-electron chi connectivity index (χ4n) is 2.48. The molecule has 18 heavy (non-hydrogen) atoms. The molecule has 2 aliphatic heterocycles. The van der Waals surface area contributed by atoms with Gasteiger partial charge in [-0.2, -0.15) is 0 Å². The Labute approximate surface area is 107 Å². The van der Waals surface area contributed by atoms with E-state index in [4.69, 9.17) is 18.9 Å². The molecule has 0 aliphatic carbocycles. The number of rotatable bonds is 4. The zero-order valence-electron chi connectivity index (χ0n) is 10.5. The third-order valence-electron chi connectivity index (χ3n) is 3.53. The Balaban J connectivity index is 1.59. The van der Waals surface area contributed by atoms with E-state index in [9.17, 15) is 0 Å². The topological polar surface area (TPSA) is 36.9 Å². The van der Waals surface area contributed by atoms with Crippen LogP contribution in [0.15, 0.2) is 30.3 Å². The van der Waals surface area contributed by atoms with Crippen LogP contribution in [0.2, 0.25) is 0 Å². The fourth-order valence-corrected chi connectivity index (χ4v) is 2.48. The summed E-state index contributed by atoms with van der Waals surface area (Å²) in [5.74, 6) is 0. The van der Waals surface area contributed by atoms with E-state index in [0.29, 0.717) is 13.2 Å². The predicted molar refractivity (Wildman–Crippen MR) is 65.0 cm³/mol. The standard InChI is InChI=1S/C14H18O4/c1-15-12-7-11(13-9-17-14(12)18-13)16-8-10-5-3-2-4-6-10/h2-6,11-14H,7-9H2,1H3/t11-,12+,13-,14-/m1/s1. The second-order valence-electron chi connectivity index (χ2n) is 4.72. The van der Waals surface area contributed by atoms with E-state index in [0.717, 1.165) is 6.42 Å². The molecule has 0 radical (unpaired) electrons. The van der Waals surface area contributed by atoms with Crippen molar-refractivity contribution in [3.05, 3.63) is 35.9 Å². The minimum Gasteiger partial charge on any atom is -0.376 e. The van der Waals surface area contributed by atoms with Gasteiger partial charge in [0.05, 0.1) is 19.3 Å². The Morgan fingerprint density at radius 1 is 1.22 bits per heavy atom. The maximum absolute atomic E-state index is 5.95. The minimum atomic E-state index is -0.212. The molecule has 0 aromatic heterocycles. The molecule has 1 aromatic rings. The van der Waals surface area contributed by atoms with Crippen molar-refractivity contribution in [2.24, 2.45) is 0 Å². The summed E-state index contributed by atoms with van der Waals surface area (Å²) >= 11 is 0. The Morgan fingerprint density at radius 2 is 2.06 bits per heavy atom. The predicted octanol–water partition coefficient (Wildman–Crippen LogP) is 1.73. The van der Waals surface area contributed by atoms with Gasteiger partial charge in [-0.15, -0.1) is 0 Å². The average Bonchev–Trinajstić information content (AvgIpc) is 2.84. The van der Waals surface area contributed by atoms with Gasteiger partial charge in [0, 0.05) is 13.5 Å². The van der Waals surface area contributed by atoms with Crippen molar-refractivity contribution in [2.45, 2.75) is 37.6 Å². The highest BCUT2D eigenvalue weighted by atomic mass is 16.7. The summed E-state index contributed by atoms with van der Waals surface area (Å²) in [4.78, 5) is 0. The summed E-state index contributed by atoms with van der Waals surface area (Å²) in [7, 11) is 1.68. The van der Waals surface area contributed by atoms with E-state index in [2.05, 4.69) is 12.1 Å². The molecule has 3 rings (SSSR count). The molecule has 2 heterocycles. The normalized spacial score (nSPS) is 34.7. The second kappa shape index (κ2) is 5.36. The number of ether oxygens (including phenoxy) is 4. The smallest absolute Gasteiger partial charge is 0.184 e. The first kappa shape index (κ1) is 12.1. The van der Waals surface area contributed by atoms with E-state index in [-0.39, 0.29) is 24.6 Å². The molecule has 2 aliphatic rings. The molecular weight excluding hydrogens is 232 g/mol. The lowest BCUT2D eigenvalue weighted by molar-refractivity contribution is -0.200. The lowest BCUT2D eigenvalue weighted by Crippen LogP contribution is -2.44. The SMILES string of the molecule is CO[C@H]1C[C@@H](OCc2ccccc2)[C@H]2CO[C@@H]1O2. The molecule has 1 aromatic carbocycles. The Hall–Kier alpha value is -0.940. The van der Waals surface area contributed by atoms with E-state index in [1.54, 1.807) is 7.11 Å². The molecule has 0 spiro atoms. The highest BCUT2D eigenvalue weighted by Gasteiger charge is 2.44. The largest absolute Gasteiger partial charge is 0.376 e. The molecule has 0 amide bonds. The van der Waals surface area contributed by atoms with E-state index >= 15 is 0 Å². The summed E-state index contributed by atoms with van der Waals surface area (Å²) in [6, 6.07) is 10.2. The van der Waals surface area contributed by atoms with Crippen LogP contribution in [0.5, 0.6) is 0 Å². The van der Waals surface area contributed by atoms with Crippen molar-refractivity contribution in [1.29, 1.82) is 0 Å². The molecule has 0 N–H and O–H groups in total. The van der Waals surface area contributed by atoms with Gasteiger partial charge in [0.1, 0.15) is 12.2 Å². The fraction of sp³-hybridized carbons (Fsp3) is 0.571. The van der Waals surface area contributed by atoms with Gasteiger partial charge in [-0.1, -0.05) is 30.3 Å². The van der Waals surface area contributed by atoms with Crippen LogP contribution in [-0.2, 0) is 25.6 Å². The first-order valence-corrected chi connectivity index (χ1v) is 6.32. The number of hydrogen-bond donors (Lipinski definition) is 0. The van der Waals surface area contributed by atoms with Crippen LogP contribution in [-0.4, -0.2) is 38.3 Å². The average molecular weight is 250 g/mol.